The van der Waals surface area contributed by atoms with Crippen LogP contribution in [0.2, 0.25) is 0 Å². The summed E-state index contributed by atoms with van der Waals surface area (Å²) in [6.45, 7) is 1.83. The van der Waals surface area contributed by atoms with Gasteiger partial charge in [-0.15, -0.1) is 5.10 Å². The summed E-state index contributed by atoms with van der Waals surface area (Å²) in [5.74, 6) is 0.686. The minimum absolute atomic E-state index is 0.0110. The third-order valence-corrected chi connectivity index (χ3v) is 4.42. The molecule has 6 nitrogen and oxygen atoms in total. The van der Waals surface area contributed by atoms with Crippen LogP contribution in [0.1, 0.15) is 61.1 Å². The van der Waals surface area contributed by atoms with Crippen LogP contribution in [0, 0.1) is 6.92 Å². The van der Waals surface area contributed by atoms with Gasteiger partial charge in [0, 0.05) is 11.6 Å². The number of hydrogen-bond donors (Lipinski definition) is 1. The number of carbonyl (C=O) groups is 1. The van der Waals surface area contributed by atoms with Crippen LogP contribution in [0.15, 0.2) is 24.3 Å². The van der Waals surface area contributed by atoms with E-state index in [1.54, 1.807) is 4.68 Å². The lowest BCUT2D eigenvalue weighted by molar-refractivity contribution is 0.0930. The Morgan fingerprint density at radius 2 is 1.91 bits per heavy atom. The van der Waals surface area contributed by atoms with E-state index in [1.807, 2.05) is 31.2 Å². The van der Waals surface area contributed by atoms with Crippen LogP contribution in [-0.2, 0) is 0 Å². The Bertz CT molecular complexity index is 659. The molecule has 2 aromatic rings. The first-order valence-corrected chi connectivity index (χ1v) is 8.40. The second-order valence-corrected chi connectivity index (χ2v) is 6.20. The largest absolute Gasteiger partial charge is 0.349 e. The highest BCUT2D eigenvalue weighted by Crippen LogP contribution is 2.18. The molecule has 1 amide bonds. The normalized spacial score (nSPS) is 16.6. The van der Waals surface area contributed by atoms with Crippen LogP contribution in [0.3, 0.4) is 0 Å². The van der Waals surface area contributed by atoms with E-state index in [2.05, 4.69) is 20.8 Å². The molecule has 122 valence electrons. The molecular weight excluding hydrogens is 290 g/mol. The summed E-state index contributed by atoms with van der Waals surface area (Å²) >= 11 is 0. The molecule has 0 spiro atoms. The molecule has 1 saturated carbocycles. The minimum Gasteiger partial charge on any atom is -0.349 e. The number of aromatic nitrogens is 4. The number of nitrogens with one attached hydrogen (secondary N) is 1. The first-order valence-electron chi connectivity index (χ1n) is 8.40. The standard InChI is InChI=1S/C17H23N5O/c1-13-19-20-21-22(13)16-11-7-8-14(12-16)17(23)18-15-9-5-3-2-4-6-10-15/h7-8,11-12,15H,2-6,9-10H2,1H3,(H,18,23). The van der Waals surface area contributed by atoms with Gasteiger partial charge in [-0.2, -0.15) is 4.68 Å². The van der Waals surface area contributed by atoms with Crippen LogP contribution >= 0.6 is 0 Å². The lowest BCUT2D eigenvalue weighted by atomic mass is 9.96. The molecule has 1 fully saturated rings. The number of carbonyl (C=O) groups excluding carboxylic acids is 1. The fourth-order valence-electron chi connectivity index (χ4n) is 3.12. The van der Waals surface area contributed by atoms with Crippen molar-refractivity contribution in [2.45, 2.75) is 57.9 Å². The Morgan fingerprint density at radius 1 is 1.17 bits per heavy atom. The van der Waals surface area contributed by atoms with E-state index >= 15 is 0 Å². The van der Waals surface area contributed by atoms with Crippen molar-refractivity contribution >= 4 is 5.91 Å². The van der Waals surface area contributed by atoms with E-state index < -0.39 is 0 Å². The molecule has 23 heavy (non-hydrogen) atoms. The Hall–Kier alpha value is -2.24. The molecule has 3 rings (SSSR count). The van der Waals surface area contributed by atoms with Gasteiger partial charge in [0.15, 0.2) is 5.82 Å². The lowest BCUT2D eigenvalue weighted by Crippen LogP contribution is -2.35. The van der Waals surface area contributed by atoms with Crippen molar-refractivity contribution in [3.8, 4) is 5.69 Å². The SMILES string of the molecule is Cc1nnnn1-c1cccc(C(=O)NC2CCCCCCC2)c1. The summed E-state index contributed by atoms with van der Waals surface area (Å²) < 4.78 is 1.63. The molecule has 1 heterocycles. The first-order chi connectivity index (χ1) is 11.2. The van der Waals surface area contributed by atoms with E-state index in [4.69, 9.17) is 0 Å². The molecule has 0 radical (unpaired) electrons. The summed E-state index contributed by atoms with van der Waals surface area (Å²) in [4.78, 5) is 12.5. The summed E-state index contributed by atoms with van der Waals surface area (Å²) in [6, 6.07) is 7.73. The number of amides is 1. The summed E-state index contributed by atoms with van der Waals surface area (Å²) in [6.07, 6.45) is 8.45. The topological polar surface area (TPSA) is 72.7 Å². The number of aryl methyl sites for hydroxylation is 1. The van der Waals surface area contributed by atoms with Gasteiger partial charge >= 0.3 is 0 Å². The van der Waals surface area contributed by atoms with Crippen molar-refractivity contribution in [2.24, 2.45) is 0 Å². The average Bonchev–Trinajstić information content (AvgIpc) is 2.96. The molecule has 0 aliphatic heterocycles. The zero-order valence-corrected chi connectivity index (χ0v) is 13.5. The van der Waals surface area contributed by atoms with Crippen molar-refractivity contribution in [3.05, 3.63) is 35.7 Å². The van der Waals surface area contributed by atoms with Gasteiger partial charge in [-0.1, -0.05) is 38.2 Å². The monoisotopic (exact) mass is 313 g/mol. The summed E-state index contributed by atoms with van der Waals surface area (Å²) in [7, 11) is 0. The van der Waals surface area contributed by atoms with E-state index in [9.17, 15) is 4.79 Å². The minimum atomic E-state index is -0.0110. The molecular formula is C17H23N5O. The first kappa shape index (κ1) is 15.6. The molecule has 0 atom stereocenters. The fourth-order valence-corrected chi connectivity index (χ4v) is 3.12. The van der Waals surface area contributed by atoms with Crippen LogP contribution in [-0.4, -0.2) is 32.2 Å². The number of tetrazole rings is 1. The van der Waals surface area contributed by atoms with Gasteiger partial charge < -0.3 is 5.32 Å². The molecule has 1 aliphatic rings. The molecule has 0 saturated heterocycles. The van der Waals surface area contributed by atoms with Gasteiger partial charge in [0.2, 0.25) is 0 Å². The van der Waals surface area contributed by atoms with Gasteiger partial charge in [-0.3, -0.25) is 4.79 Å². The highest BCUT2D eigenvalue weighted by Gasteiger charge is 2.16. The van der Waals surface area contributed by atoms with Crippen LogP contribution in [0.4, 0.5) is 0 Å². The second-order valence-electron chi connectivity index (χ2n) is 6.20. The smallest absolute Gasteiger partial charge is 0.251 e. The number of rotatable bonds is 3. The van der Waals surface area contributed by atoms with Crippen LogP contribution < -0.4 is 5.32 Å². The zero-order chi connectivity index (χ0) is 16.1. The molecule has 6 heteroatoms. The maximum atomic E-state index is 12.5. The number of nitrogens with zero attached hydrogens (tertiary/aromatic N) is 4. The second kappa shape index (κ2) is 7.35. The maximum Gasteiger partial charge on any atom is 0.251 e. The Labute approximate surface area is 136 Å². The maximum absolute atomic E-state index is 12.5. The van der Waals surface area contributed by atoms with Crippen LogP contribution in [0.5, 0.6) is 0 Å². The van der Waals surface area contributed by atoms with Crippen LogP contribution in [0.25, 0.3) is 5.69 Å². The van der Waals surface area contributed by atoms with Gasteiger partial charge in [0.05, 0.1) is 5.69 Å². The molecule has 1 aromatic carbocycles. The Balaban J connectivity index is 1.71. The van der Waals surface area contributed by atoms with E-state index in [-0.39, 0.29) is 5.91 Å². The van der Waals surface area contributed by atoms with Gasteiger partial charge in [-0.05, 0) is 48.4 Å². The number of benzene rings is 1. The molecule has 1 N–H and O–H groups in total. The van der Waals surface area contributed by atoms with E-state index in [0.717, 1.165) is 18.5 Å². The van der Waals surface area contributed by atoms with Crippen molar-refractivity contribution in [2.75, 3.05) is 0 Å². The predicted molar refractivity (Wildman–Crippen MR) is 87.5 cm³/mol. The third-order valence-electron chi connectivity index (χ3n) is 4.42. The van der Waals surface area contributed by atoms with E-state index in [1.165, 1.54) is 32.1 Å². The summed E-state index contributed by atoms with van der Waals surface area (Å²) in [5.41, 5.74) is 1.46. The van der Waals surface area contributed by atoms with Gasteiger partial charge in [0.1, 0.15) is 0 Å². The third kappa shape index (κ3) is 3.94. The molecule has 0 unspecified atom stereocenters. The Morgan fingerprint density at radius 3 is 2.61 bits per heavy atom. The highest BCUT2D eigenvalue weighted by atomic mass is 16.1. The number of hydrogen-bond acceptors (Lipinski definition) is 4. The van der Waals surface area contributed by atoms with Gasteiger partial charge in [0.25, 0.3) is 5.91 Å². The van der Waals surface area contributed by atoms with Crippen molar-refractivity contribution in [1.82, 2.24) is 25.5 Å². The van der Waals surface area contributed by atoms with Crippen molar-refractivity contribution < 1.29 is 4.79 Å². The van der Waals surface area contributed by atoms with Crippen molar-refractivity contribution in [3.63, 3.8) is 0 Å². The molecule has 1 aromatic heterocycles. The Kier molecular flexibility index (Phi) is 5.00. The quantitative estimate of drug-likeness (QED) is 0.945. The zero-order valence-electron chi connectivity index (χ0n) is 13.5. The predicted octanol–water partition coefficient (Wildman–Crippen LogP) is 2.81. The highest BCUT2D eigenvalue weighted by molar-refractivity contribution is 5.94. The average molecular weight is 313 g/mol. The van der Waals surface area contributed by atoms with Crippen molar-refractivity contribution in [1.29, 1.82) is 0 Å². The summed E-state index contributed by atoms with van der Waals surface area (Å²) in [5, 5.41) is 14.7. The fraction of sp³-hybridized carbons (Fsp3) is 0.529. The molecule has 1 aliphatic carbocycles. The van der Waals surface area contributed by atoms with E-state index in [0.29, 0.717) is 17.4 Å². The lowest BCUT2D eigenvalue weighted by Gasteiger charge is -2.21. The van der Waals surface area contributed by atoms with Gasteiger partial charge in [-0.25, -0.2) is 0 Å². The molecule has 0 bridgehead atoms.